The van der Waals surface area contributed by atoms with Crippen molar-refractivity contribution in [3.63, 3.8) is 0 Å². The number of rotatable bonds is 8. The molecule has 3 rings (SSSR count). The van der Waals surface area contributed by atoms with Gasteiger partial charge in [-0.15, -0.1) is 0 Å². The van der Waals surface area contributed by atoms with Gasteiger partial charge in [-0.25, -0.2) is 8.42 Å². The Labute approximate surface area is 196 Å². The molecule has 0 radical (unpaired) electrons. The van der Waals surface area contributed by atoms with E-state index in [1.54, 1.807) is 0 Å². The summed E-state index contributed by atoms with van der Waals surface area (Å²) in [4.78, 5) is 15.2. The fourth-order valence-corrected chi connectivity index (χ4v) is 5.71. The van der Waals surface area contributed by atoms with Crippen LogP contribution in [0.25, 0.3) is 0 Å². The molecule has 2 aromatic carbocycles. The van der Waals surface area contributed by atoms with Gasteiger partial charge in [-0.2, -0.15) is 4.31 Å². The minimum absolute atomic E-state index is 0.109. The maximum atomic E-state index is 13.1. The molecule has 0 atom stereocenters. The molecule has 1 heterocycles. The van der Waals surface area contributed by atoms with Crippen molar-refractivity contribution in [3.05, 3.63) is 58.6 Å². The quantitative estimate of drug-likeness (QED) is 0.599. The molecule has 0 bridgehead atoms. The molecule has 174 valence electrons. The summed E-state index contributed by atoms with van der Waals surface area (Å²) < 4.78 is 27.7. The standard InChI is InChI=1S/C24H32ClN3O3S/c1-3-27(4-2)20-11-9-19(10-12-20)18-26-24(29)22-17-21(13-14-23(22)25)32(30,31)28-15-7-5-6-8-16-28/h9-14,17H,3-8,15-16,18H2,1-2H3,(H,26,29). The van der Waals surface area contributed by atoms with Gasteiger partial charge in [0.1, 0.15) is 0 Å². The van der Waals surface area contributed by atoms with Gasteiger partial charge < -0.3 is 10.2 Å². The van der Waals surface area contributed by atoms with Crippen molar-refractivity contribution in [3.8, 4) is 0 Å². The lowest BCUT2D eigenvalue weighted by atomic mass is 10.1. The average molecular weight is 478 g/mol. The molecule has 2 aromatic rings. The first-order valence-corrected chi connectivity index (χ1v) is 13.1. The summed E-state index contributed by atoms with van der Waals surface area (Å²) in [5, 5.41) is 3.09. The SMILES string of the molecule is CCN(CC)c1ccc(CNC(=O)c2cc(S(=O)(=O)N3CCCCCC3)ccc2Cl)cc1. The van der Waals surface area contributed by atoms with Crippen LogP contribution in [0, 0.1) is 0 Å². The minimum atomic E-state index is -3.65. The lowest BCUT2D eigenvalue weighted by Gasteiger charge is -2.21. The zero-order valence-electron chi connectivity index (χ0n) is 18.8. The van der Waals surface area contributed by atoms with Crippen molar-refractivity contribution >= 4 is 33.2 Å². The lowest BCUT2D eigenvalue weighted by molar-refractivity contribution is 0.0951. The molecule has 1 aliphatic heterocycles. The van der Waals surface area contributed by atoms with Crippen LogP contribution >= 0.6 is 11.6 Å². The molecule has 1 fully saturated rings. The summed E-state index contributed by atoms with van der Waals surface area (Å²) in [6, 6.07) is 12.4. The summed E-state index contributed by atoms with van der Waals surface area (Å²) in [5.41, 5.74) is 2.26. The Balaban J connectivity index is 1.71. The van der Waals surface area contributed by atoms with Crippen LogP contribution in [0.1, 0.15) is 55.5 Å². The number of amides is 1. The third-order valence-electron chi connectivity index (χ3n) is 5.90. The normalized spacial score (nSPS) is 15.2. The molecule has 0 aromatic heterocycles. The van der Waals surface area contributed by atoms with Crippen LogP contribution in [0.2, 0.25) is 5.02 Å². The van der Waals surface area contributed by atoms with Crippen LogP contribution in [-0.2, 0) is 16.6 Å². The molecular formula is C24H32ClN3O3S. The molecule has 6 nitrogen and oxygen atoms in total. The fourth-order valence-electron chi connectivity index (χ4n) is 3.96. The highest BCUT2D eigenvalue weighted by molar-refractivity contribution is 7.89. The molecule has 1 saturated heterocycles. The van der Waals surface area contributed by atoms with E-state index in [0.717, 1.165) is 50.0 Å². The Morgan fingerprint density at radius 1 is 1.00 bits per heavy atom. The van der Waals surface area contributed by atoms with Crippen LogP contribution in [0.3, 0.4) is 0 Å². The molecule has 1 aliphatic rings. The average Bonchev–Trinajstić information content (AvgIpc) is 3.09. The summed E-state index contributed by atoms with van der Waals surface area (Å²) in [6.45, 7) is 7.44. The largest absolute Gasteiger partial charge is 0.372 e. The lowest BCUT2D eigenvalue weighted by Crippen LogP contribution is -2.32. The van der Waals surface area contributed by atoms with Crippen molar-refractivity contribution in [2.24, 2.45) is 0 Å². The number of halogens is 1. The van der Waals surface area contributed by atoms with Gasteiger partial charge in [-0.3, -0.25) is 4.79 Å². The Kier molecular flexibility index (Phi) is 8.57. The third-order valence-corrected chi connectivity index (χ3v) is 8.13. The first-order chi connectivity index (χ1) is 15.4. The second kappa shape index (κ2) is 11.2. The van der Waals surface area contributed by atoms with E-state index < -0.39 is 15.9 Å². The molecule has 0 unspecified atom stereocenters. The van der Waals surface area contributed by atoms with E-state index in [-0.39, 0.29) is 15.5 Å². The Morgan fingerprint density at radius 3 is 2.22 bits per heavy atom. The molecule has 0 saturated carbocycles. The Morgan fingerprint density at radius 2 is 1.62 bits per heavy atom. The fraction of sp³-hybridized carbons (Fsp3) is 0.458. The van der Waals surface area contributed by atoms with E-state index >= 15 is 0 Å². The van der Waals surface area contributed by atoms with Crippen LogP contribution in [0.15, 0.2) is 47.4 Å². The van der Waals surface area contributed by atoms with Gasteiger partial charge in [0.25, 0.3) is 5.91 Å². The van der Waals surface area contributed by atoms with E-state index in [9.17, 15) is 13.2 Å². The van der Waals surface area contributed by atoms with E-state index in [0.29, 0.717) is 19.6 Å². The van der Waals surface area contributed by atoms with Crippen LogP contribution < -0.4 is 10.2 Å². The zero-order chi connectivity index (χ0) is 23.1. The predicted octanol–water partition coefficient (Wildman–Crippen LogP) is 4.68. The predicted molar refractivity (Wildman–Crippen MR) is 130 cm³/mol. The number of sulfonamides is 1. The van der Waals surface area contributed by atoms with Crippen molar-refractivity contribution in [1.29, 1.82) is 0 Å². The van der Waals surface area contributed by atoms with Gasteiger partial charge in [0.15, 0.2) is 0 Å². The number of carbonyl (C=O) groups excluding carboxylic acids is 1. The highest BCUT2D eigenvalue weighted by atomic mass is 35.5. The molecule has 1 amide bonds. The van der Waals surface area contributed by atoms with E-state index in [1.165, 1.54) is 22.5 Å². The van der Waals surface area contributed by atoms with Crippen molar-refractivity contribution < 1.29 is 13.2 Å². The van der Waals surface area contributed by atoms with Crippen molar-refractivity contribution in [2.45, 2.75) is 51.0 Å². The minimum Gasteiger partial charge on any atom is -0.372 e. The second-order valence-corrected chi connectivity index (χ2v) is 10.3. The van der Waals surface area contributed by atoms with E-state index in [1.807, 2.05) is 24.3 Å². The smallest absolute Gasteiger partial charge is 0.253 e. The van der Waals surface area contributed by atoms with Crippen LogP contribution in [-0.4, -0.2) is 44.8 Å². The van der Waals surface area contributed by atoms with Gasteiger partial charge in [-0.1, -0.05) is 36.6 Å². The molecule has 0 spiro atoms. The number of carbonyl (C=O) groups is 1. The number of hydrogen-bond donors (Lipinski definition) is 1. The molecular weight excluding hydrogens is 446 g/mol. The monoisotopic (exact) mass is 477 g/mol. The Hall–Kier alpha value is -2.09. The second-order valence-electron chi connectivity index (χ2n) is 7.98. The number of anilines is 1. The van der Waals surface area contributed by atoms with Crippen LogP contribution in [0.5, 0.6) is 0 Å². The summed E-state index contributed by atoms with van der Waals surface area (Å²) in [5.74, 6) is -0.393. The van der Waals surface area contributed by atoms with Crippen molar-refractivity contribution in [1.82, 2.24) is 9.62 Å². The molecule has 8 heteroatoms. The zero-order valence-corrected chi connectivity index (χ0v) is 20.4. The number of nitrogens with one attached hydrogen (secondary N) is 1. The number of hydrogen-bond acceptors (Lipinski definition) is 4. The van der Waals surface area contributed by atoms with Crippen LogP contribution in [0.4, 0.5) is 5.69 Å². The van der Waals surface area contributed by atoms with Gasteiger partial charge >= 0.3 is 0 Å². The van der Waals surface area contributed by atoms with Gasteiger partial charge in [0.05, 0.1) is 15.5 Å². The first kappa shape index (κ1) is 24.6. The summed E-state index contributed by atoms with van der Waals surface area (Å²) >= 11 is 6.25. The maximum absolute atomic E-state index is 13.1. The van der Waals surface area contributed by atoms with E-state index in [2.05, 4.69) is 24.1 Å². The third kappa shape index (κ3) is 5.82. The Bertz CT molecular complexity index is 1010. The summed E-state index contributed by atoms with van der Waals surface area (Å²) in [7, 11) is -3.65. The van der Waals surface area contributed by atoms with Gasteiger partial charge in [-0.05, 0) is 62.6 Å². The van der Waals surface area contributed by atoms with Gasteiger partial charge in [0.2, 0.25) is 10.0 Å². The van der Waals surface area contributed by atoms with E-state index in [4.69, 9.17) is 11.6 Å². The molecule has 0 aliphatic carbocycles. The van der Waals surface area contributed by atoms with Crippen molar-refractivity contribution in [2.75, 3.05) is 31.1 Å². The highest BCUT2D eigenvalue weighted by Gasteiger charge is 2.26. The first-order valence-electron chi connectivity index (χ1n) is 11.3. The van der Waals surface area contributed by atoms with Gasteiger partial charge in [0, 0.05) is 38.4 Å². The topological polar surface area (TPSA) is 69.7 Å². The molecule has 1 N–H and O–H groups in total. The highest BCUT2D eigenvalue weighted by Crippen LogP contribution is 2.25. The molecule has 32 heavy (non-hydrogen) atoms. The number of benzene rings is 2. The summed E-state index contributed by atoms with van der Waals surface area (Å²) in [6.07, 6.45) is 3.78. The maximum Gasteiger partial charge on any atom is 0.253 e. The number of nitrogens with zero attached hydrogens (tertiary/aromatic N) is 2.